The fourth-order valence-electron chi connectivity index (χ4n) is 6.24. The Morgan fingerprint density at radius 1 is 0.680 bits per heavy atom. The van der Waals surface area contributed by atoms with E-state index in [4.69, 9.17) is 18.9 Å². The average molecular weight is 683 g/mol. The predicted octanol–water partition coefficient (Wildman–Crippen LogP) is 7.79. The Morgan fingerprint density at radius 2 is 1.18 bits per heavy atom. The van der Waals surface area contributed by atoms with Gasteiger partial charge in [0.1, 0.15) is 40.1 Å². The topological polar surface area (TPSA) is 146 Å². The van der Waals surface area contributed by atoms with Crippen LogP contribution in [0.4, 0.5) is 0 Å². The zero-order valence-corrected chi connectivity index (χ0v) is 30.3. The molecule has 50 heavy (non-hydrogen) atoms. The predicted molar refractivity (Wildman–Crippen MR) is 188 cm³/mol. The monoisotopic (exact) mass is 682 g/mol. The quantitative estimate of drug-likeness (QED) is 0.130. The first-order chi connectivity index (χ1) is 23.3. The molecule has 3 aromatic rings. The number of ketones is 1. The minimum Gasteiger partial charge on any atom is -0.507 e. The van der Waals surface area contributed by atoms with Gasteiger partial charge in [0.25, 0.3) is 0 Å². The summed E-state index contributed by atoms with van der Waals surface area (Å²) in [6.07, 6.45) is 4.37. The molecule has 3 aromatic carbocycles. The molecule has 1 unspecified atom stereocenters. The van der Waals surface area contributed by atoms with Crippen molar-refractivity contribution in [2.24, 2.45) is 5.92 Å². The van der Waals surface area contributed by atoms with E-state index < -0.39 is 23.8 Å². The molecule has 1 aliphatic carbocycles. The summed E-state index contributed by atoms with van der Waals surface area (Å²) in [6, 6.07) is 1.57. The molecule has 0 radical (unpaired) electrons. The molecule has 1 aliphatic rings. The molecule has 0 spiro atoms. The van der Waals surface area contributed by atoms with Crippen LogP contribution in [0.1, 0.15) is 86.7 Å². The van der Waals surface area contributed by atoms with E-state index in [9.17, 15) is 29.4 Å². The van der Waals surface area contributed by atoms with Gasteiger partial charge in [-0.25, -0.2) is 14.4 Å². The second-order valence-corrected chi connectivity index (χ2v) is 12.6. The Balaban J connectivity index is 1.64. The van der Waals surface area contributed by atoms with Gasteiger partial charge < -0.3 is 29.2 Å². The molecule has 10 nitrogen and oxygen atoms in total. The SMILES string of the molecule is C=C(Oc1c(C)c(C)c(C(=O)Oc2cc(C)c(C(=O)Oc3c(C)c(C)c(C(=O)O)c(C)c3C)c(C)c2C)c(O)c1C)C1C=CC(=O)C=C1OC. The van der Waals surface area contributed by atoms with Crippen LogP contribution in [0.3, 0.4) is 0 Å². The van der Waals surface area contributed by atoms with Gasteiger partial charge in [-0.1, -0.05) is 12.7 Å². The number of hydrogen-bond donors (Lipinski definition) is 2. The van der Waals surface area contributed by atoms with E-state index in [0.29, 0.717) is 67.3 Å². The van der Waals surface area contributed by atoms with Crippen LogP contribution in [-0.2, 0) is 9.53 Å². The minimum atomic E-state index is -1.05. The van der Waals surface area contributed by atoms with Crippen molar-refractivity contribution in [1.82, 2.24) is 0 Å². The standard InChI is InChI=1S/C40H42O10/c1-17-15-30(18(2)19(3)32(17)39(45)50-36-23(7)20(4)33(38(43)44)21(5)24(36)8)49-40(46)34-22(6)25(9)37(26(10)35(34)42)48-27(11)29-14-13-28(41)16-31(29)47-12/h13-16,29,42H,11H2,1-10,12H3,(H,43,44). The number of carboxylic acids is 1. The summed E-state index contributed by atoms with van der Waals surface area (Å²) in [5.74, 6) is -2.12. The molecule has 4 rings (SSSR count). The molecule has 0 fully saturated rings. The summed E-state index contributed by atoms with van der Waals surface area (Å²) in [7, 11) is 1.45. The van der Waals surface area contributed by atoms with E-state index in [2.05, 4.69) is 6.58 Å². The molecule has 0 saturated carbocycles. The highest BCUT2D eigenvalue weighted by molar-refractivity contribution is 6.01. The van der Waals surface area contributed by atoms with E-state index in [-0.39, 0.29) is 45.3 Å². The number of phenolic OH excluding ortho intramolecular Hbond substituents is 1. The number of carbonyl (C=O) groups excluding carboxylic acids is 3. The third-order valence-corrected chi connectivity index (χ3v) is 9.70. The Bertz CT molecular complexity index is 2020. The van der Waals surface area contributed by atoms with Gasteiger partial charge in [-0.15, -0.1) is 0 Å². The maximum absolute atomic E-state index is 13.7. The van der Waals surface area contributed by atoms with Gasteiger partial charge in [0.05, 0.1) is 24.2 Å². The molecular formula is C40H42O10. The first kappa shape index (κ1) is 37.2. The summed E-state index contributed by atoms with van der Waals surface area (Å²) in [5, 5.41) is 21.0. The number of allylic oxidation sites excluding steroid dienone is 2. The van der Waals surface area contributed by atoms with Gasteiger partial charge in [-0.05, 0) is 131 Å². The van der Waals surface area contributed by atoms with Crippen molar-refractivity contribution in [3.05, 3.63) is 115 Å². The van der Waals surface area contributed by atoms with E-state index in [1.165, 1.54) is 19.3 Å². The lowest BCUT2D eigenvalue weighted by molar-refractivity contribution is -0.110. The number of phenols is 1. The largest absolute Gasteiger partial charge is 0.507 e. The van der Waals surface area contributed by atoms with E-state index in [1.54, 1.807) is 81.4 Å². The van der Waals surface area contributed by atoms with Gasteiger partial charge in [0.15, 0.2) is 5.78 Å². The first-order valence-electron chi connectivity index (χ1n) is 15.9. The molecule has 2 N–H and O–H groups in total. The van der Waals surface area contributed by atoms with E-state index in [1.807, 2.05) is 0 Å². The van der Waals surface area contributed by atoms with Crippen LogP contribution in [-0.4, -0.2) is 41.0 Å². The van der Waals surface area contributed by atoms with Crippen LogP contribution in [0.2, 0.25) is 0 Å². The van der Waals surface area contributed by atoms with Crippen LogP contribution >= 0.6 is 0 Å². The normalized spacial score (nSPS) is 13.9. The second kappa shape index (κ2) is 14.1. The second-order valence-electron chi connectivity index (χ2n) is 12.6. The van der Waals surface area contributed by atoms with Crippen molar-refractivity contribution in [3.8, 4) is 23.0 Å². The maximum atomic E-state index is 13.7. The Labute approximate surface area is 291 Å². The highest BCUT2D eigenvalue weighted by Gasteiger charge is 2.29. The fraction of sp³-hybridized carbons (Fsp3) is 0.300. The molecule has 1 atom stereocenters. The number of carbonyl (C=O) groups is 4. The first-order valence-corrected chi connectivity index (χ1v) is 15.9. The summed E-state index contributed by atoms with van der Waals surface area (Å²) < 4.78 is 23.2. The summed E-state index contributed by atoms with van der Waals surface area (Å²) >= 11 is 0. The Morgan fingerprint density at radius 3 is 1.72 bits per heavy atom. The molecule has 0 aromatic heterocycles. The number of carboxylic acid groups (broad SMARTS) is 1. The number of rotatable bonds is 9. The van der Waals surface area contributed by atoms with E-state index >= 15 is 0 Å². The molecule has 0 saturated heterocycles. The zero-order valence-electron chi connectivity index (χ0n) is 30.3. The highest BCUT2D eigenvalue weighted by Crippen LogP contribution is 2.41. The lowest BCUT2D eigenvalue weighted by atomic mass is 9.93. The van der Waals surface area contributed by atoms with Gasteiger partial charge >= 0.3 is 17.9 Å². The van der Waals surface area contributed by atoms with E-state index in [0.717, 1.165) is 0 Å². The number of aryl methyl sites for hydroxylation is 1. The minimum absolute atomic E-state index is 0.0433. The van der Waals surface area contributed by atoms with Crippen molar-refractivity contribution < 1.29 is 48.3 Å². The third-order valence-electron chi connectivity index (χ3n) is 9.70. The molecule has 0 amide bonds. The van der Waals surface area contributed by atoms with Crippen molar-refractivity contribution in [2.75, 3.05) is 7.11 Å². The third kappa shape index (κ3) is 6.53. The van der Waals surface area contributed by atoms with Crippen molar-refractivity contribution in [1.29, 1.82) is 0 Å². The van der Waals surface area contributed by atoms with Crippen molar-refractivity contribution in [2.45, 2.75) is 69.2 Å². The summed E-state index contributed by atoms with van der Waals surface area (Å²) in [5.41, 5.74) is 5.38. The summed E-state index contributed by atoms with van der Waals surface area (Å²) in [4.78, 5) is 50.9. The fourth-order valence-corrected chi connectivity index (χ4v) is 6.24. The highest BCUT2D eigenvalue weighted by atomic mass is 16.5. The molecule has 10 heteroatoms. The number of ether oxygens (including phenoxy) is 4. The van der Waals surface area contributed by atoms with Crippen LogP contribution in [0.15, 0.2) is 42.4 Å². The van der Waals surface area contributed by atoms with Gasteiger partial charge in [0, 0.05) is 11.6 Å². The smallest absolute Gasteiger partial charge is 0.347 e. The number of aromatic carboxylic acids is 1. The average Bonchev–Trinajstić information content (AvgIpc) is 3.05. The molecule has 0 bridgehead atoms. The molecule has 0 heterocycles. The van der Waals surface area contributed by atoms with Gasteiger partial charge in [-0.3, -0.25) is 4.79 Å². The van der Waals surface area contributed by atoms with Crippen molar-refractivity contribution in [3.63, 3.8) is 0 Å². The Kier molecular flexibility index (Phi) is 10.5. The van der Waals surface area contributed by atoms with Crippen LogP contribution in [0.5, 0.6) is 23.0 Å². The van der Waals surface area contributed by atoms with Gasteiger partial charge in [-0.2, -0.15) is 0 Å². The zero-order chi connectivity index (χ0) is 37.5. The number of hydrogen-bond acceptors (Lipinski definition) is 9. The van der Waals surface area contributed by atoms with Crippen LogP contribution < -0.4 is 14.2 Å². The van der Waals surface area contributed by atoms with Gasteiger partial charge in [0.2, 0.25) is 0 Å². The Hall–Kier alpha value is -5.64. The van der Waals surface area contributed by atoms with Crippen LogP contribution in [0.25, 0.3) is 0 Å². The maximum Gasteiger partial charge on any atom is 0.347 e. The number of methoxy groups -OCH3 is 1. The number of esters is 2. The van der Waals surface area contributed by atoms with Crippen LogP contribution in [0, 0.1) is 75.2 Å². The number of benzene rings is 3. The lowest BCUT2D eigenvalue weighted by Crippen LogP contribution is -2.18. The molecule has 262 valence electrons. The molecular weight excluding hydrogens is 640 g/mol. The van der Waals surface area contributed by atoms with Crippen molar-refractivity contribution >= 4 is 23.7 Å². The lowest BCUT2D eigenvalue weighted by Gasteiger charge is -2.24. The number of aromatic hydroxyl groups is 1. The molecule has 0 aliphatic heterocycles. The summed E-state index contributed by atoms with van der Waals surface area (Å²) in [6.45, 7) is 20.9.